The Kier molecular flexibility index (Phi) is 12.7. The summed E-state index contributed by atoms with van der Waals surface area (Å²) in [5.41, 5.74) is 13.1. The van der Waals surface area contributed by atoms with Crippen molar-refractivity contribution in [3.8, 4) is 0 Å². The van der Waals surface area contributed by atoms with E-state index >= 15 is 0 Å². The van der Waals surface area contributed by atoms with Crippen LogP contribution in [-0.2, 0) is 13.1 Å². The quantitative estimate of drug-likeness (QED) is 0.872. The van der Waals surface area contributed by atoms with E-state index in [0.717, 1.165) is 0 Å². The normalized spacial score (nSPS) is 8.11. The third-order valence-electron chi connectivity index (χ3n) is 2.16. The Morgan fingerprint density at radius 2 is 0.889 bits per heavy atom. The molecule has 0 aliphatic rings. The Bertz CT molecular complexity index is 342. The summed E-state index contributed by atoms with van der Waals surface area (Å²) in [6.45, 7) is 1.28. The van der Waals surface area contributed by atoms with E-state index in [0.29, 0.717) is 13.1 Å². The molecule has 2 rings (SSSR count). The summed E-state index contributed by atoms with van der Waals surface area (Å²) >= 11 is 0. The smallest absolute Gasteiger partial charge is 0.0178 e. The van der Waals surface area contributed by atoms with Crippen molar-refractivity contribution < 1.29 is 5.48 Å². The van der Waals surface area contributed by atoms with Crippen LogP contribution in [-0.4, -0.2) is 5.48 Å². The lowest BCUT2D eigenvalue weighted by atomic mass is 10.2. The molecule has 18 heavy (non-hydrogen) atoms. The SMILES string of the molecule is Cl.NCc1ccccc1.NCc1ccccc1.O. The van der Waals surface area contributed by atoms with Gasteiger partial charge in [0.15, 0.2) is 0 Å². The molecule has 2 aromatic rings. The highest BCUT2D eigenvalue weighted by atomic mass is 35.5. The number of rotatable bonds is 2. The molecule has 0 unspecified atom stereocenters. The molecule has 0 fully saturated rings. The molecule has 6 N–H and O–H groups in total. The fraction of sp³-hybridized carbons (Fsp3) is 0.143. The molecule has 0 aliphatic carbocycles. The molecule has 0 aromatic heterocycles. The molecule has 4 heteroatoms. The third-order valence-corrected chi connectivity index (χ3v) is 2.16. The van der Waals surface area contributed by atoms with Gasteiger partial charge < -0.3 is 16.9 Å². The lowest BCUT2D eigenvalue weighted by Crippen LogP contribution is -1.94. The van der Waals surface area contributed by atoms with Crippen LogP contribution in [0.2, 0.25) is 0 Å². The zero-order chi connectivity index (χ0) is 11.6. The Labute approximate surface area is 115 Å². The van der Waals surface area contributed by atoms with Gasteiger partial charge in [0.2, 0.25) is 0 Å². The summed E-state index contributed by atoms with van der Waals surface area (Å²) in [6.07, 6.45) is 0. The number of hydrogen-bond donors (Lipinski definition) is 2. The van der Waals surface area contributed by atoms with Crippen LogP contribution in [0.25, 0.3) is 0 Å². The Balaban J connectivity index is 0. The van der Waals surface area contributed by atoms with Gasteiger partial charge >= 0.3 is 0 Å². The molecule has 0 atom stereocenters. The van der Waals surface area contributed by atoms with E-state index in [9.17, 15) is 0 Å². The second-order valence-electron chi connectivity index (χ2n) is 3.38. The van der Waals surface area contributed by atoms with Crippen molar-refractivity contribution in [1.29, 1.82) is 0 Å². The maximum atomic E-state index is 5.35. The average Bonchev–Trinajstić information content (AvgIpc) is 2.41. The highest BCUT2D eigenvalue weighted by molar-refractivity contribution is 5.85. The van der Waals surface area contributed by atoms with Gasteiger partial charge in [-0.05, 0) is 11.1 Å². The predicted molar refractivity (Wildman–Crippen MR) is 79.5 cm³/mol. The summed E-state index contributed by atoms with van der Waals surface area (Å²) in [5.74, 6) is 0. The molecule has 0 spiro atoms. The second-order valence-corrected chi connectivity index (χ2v) is 3.38. The van der Waals surface area contributed by atoms with Crippen LogP contribution in [0.3, 0.4) is 0 Å². The van der Waals surface area contributed by atoms with Crippen LogP contribution >= 0.6 is 12.4 Å². The highest BCUT2D eigenvalue weighted by Gasteiger charge is 1.80. The van der Waals surface area contributed by atoms with Crippen molar-refractivity contribution in [1.82, 2.24) is 0 Å². The first kappa shape index (κ1) is 19.0. The maximum absolute atomic E-state index is 5.35. The zero-order valence-corrected chi connectivity index (χ0v) is 11.1. The molecular formula is C14H21ClN2O. The van der Waals surface area contributed by atoms with Crippen molar-refractivity contribution in [2.75, 3.05) is 0 Å². The zero-order valence-electron chi connectivity index (χ0n) is 10.3. The standard InChI is InChI=1S/2C7H9N.ClH.H2O/c2*8-6-7-4-2-1-3-5-7;;/h2*1-5H,6,8H2;1H;1H2. The summed E-state index contributed by atoms with van der Waals surface area (Å²) in [6, 6.07) is 20.0. The topological polar surface area (TPSA) is 83.5 Å². The molecule has 0 bridgehead atoms. The molecule has 3 nitrogen and oxygen atoms in total. The first-order chi connectivity index (χ1) is 7.86. The molecule has 0 aliphatic heterocycles. The van der Waals surface area contributed by atoms with Crippen LogP contribution in [0.4, 0.5) is 0 Å². The van der Waals surface area contributed by atoms with Gasteiger partial charge in [-0.3, -0.25) is 0 Å². The minimum atomic E-state index is 0. The van der Waals surface area contributed by atoms with Crippen molar-refractivity contribution in [3.05, 3.63) is 71.8 Å². The van der Waals surface area contributed by atoms with Crippen LogP contribution in [0.1, 0.15) is 11.1 Å². The summed E-state index contributed by atoms with van der Waals surface area (Å²) < 4.78 is 0. The van der Waals surface area contributed by atoms with Gasteiger partial charge in [-0.25, -0.2) is 0 Å². The van der Waals surface area contributed by atoms with E-state index < -0.39 is 0 Å². The molecule has 0 heterocycles. The van der Waals surface area contributed by atoms with Crippen molar-refractivity contribution in [3.63, 3.8) is 0 Å². The minimum Gasteiger partial charge on any atom is -0.412 e. The maximum Gasteiger partial charge on any atom is 0.0178 e. The summed E-state index contributed by atoms with van der Waals surface area (Å²) in [4.78, 5) is 0. The molecule has 0 saturated carbocycles. The fourth-order valence-corrected chi connectivity index (χ4v) is 1.23. The van der Waals surface area contributed by atoms with Crippen LogP contribution in [0, 0.1) is 0 Å². The lowest BCUT2D eigenvalue weighted by molar-refractivity contribution is 0.824. The van der Waals surface area contributed by atoms with E-state index in [1.54, 1.807) is 0 Å². The second kappa shape index (κ2) is 12.1. The van der Waals surface area contributed by atoms with Gasteiger partial charge in [-0.15, -0.1) is 12.4 Å². The van der Waals surface area contributed by atoms with Gasteiger partial charge in [0, 0.05) is 13.1 Å². The average molecular weight is 269 g/mol. The molecule has 2 aromatic carbocycles. The Hall–Kier alpha value is -1.39. The molecule has 0 saturated heterocycles. The van der Waals surface area contributed by atoms with Gasteiger partial charge in [-0.1, -0.05) is 60.7 Å². The van der Waals surface area contributed by atoms with E-state index in [4.69, 9.17) is 11.5 Å². The van der Waals surface area contributed by atoms with E-state index in [1.165, 1.54) is 11.1 Å². The van der Waals surface area contributed by atoms with Crippen LogP contribution in [0.15, 0.2) is 60.7 Å². The van der Waals surface area contributed by atoms with E-state index in [-0.39, 0.29) is 17.9 Å². The lowest BCUT2D eigenvalue weighted by Gasteiger charge is -1.90. The van der Waals surface area contributed by atoms with Gasteiger partial charge in [0.25, 0.3) is 0 Å². The van der Waals surface area contributed by atoms with Gasteiger partial charge in [0.1, 0.15) is 0 Å². The van der Waals surface area contributed by atoms with E-state index in [2.05, 4.69) is 0 Å². The largest absolute Gasteiger partial charge is 0.412 e. The Morgan fingerprint density at radius 1 is 0.611 bits per heavy atom. The van der Waals surface area contributed by atoms with Gasteiger partial charge in [-0.2, -0.15) is 0 Å². The molecule has 100 valence electrons. The molecule has 0 amide bonds. The summed E-state index contributed by atoms with van der Waals surface area (Å²) in [7, 11) is 0. The number of nitrogens with two attached hydrogens (primary N) is 2. The van der Waals surface area contributed by atoms with Crippen molar-refractivity contribution in [2.24, 2.45) is 11.5 Å². The highest BCUT2D eigenvalue weighted by Crippen LogP contribution is 1.94. The summed E-state index contributed by atoms with van der Waals surface area (Å²) in [5, 5.41) is 0. The van der Waals surface area contributed by atoms with E-state index in [1.807, 2.05) is 60.7 Å². The first-order valence-electron chi connectivity index (χ1n) is 5.34. The predicted octanol–water partition coefficient (Wildman–Crippen LogP) is 1.89. The number of halogens is 1. The Morgan fingerprint density at radius 3 is 1.06 bits per heavy atom. The van der Waals surface area contributed by atoms with Crippen LogP contribution in [0.5, 0.6) is 0 Å². The fourth-order valence-electron chi connectivity index (χ4n) is 1.23. The van der Waals surface area contributed by atoms with Crippen molar-refractivity contribution >= 4 is 12.4 Å². The van der Waals surface area contributed by atoms with Crippen molar-refractivity contribution in [2.45, 2.75) is 13.1 Å². The van der Waals surface area contributed by atoms with Crippen LogP contribution < -0.4 is 11.5 Å². The first-order valence-corrected chi connectivity index (χ1v) is 5.34. The monoisotopic (exact) mass is 268 g/mol. The third kappa shape index (κ3) is 7.81. The molecular weight excluding hydrogens is 248 g/mol. The number of benzene rings is 2. The van der Waals surface area contributed by atoms with Gasteiger partial charge in [0.05, 0.1) is 0 Å². The number of hydrogen-bond acceptors (Lipinski definition) is 2. The molecule has 0 radical (unpaired) electrons. The minimum absolute atomic E-state index is 0.